The lowest BCUT2D eigenvalue weighted by atomic mass is 10.00. The SMILES string of the molecule is CCC(NC(=O)C(c1ccccc1)N1CCCCC1=O)C(OC)OC. The molecule has 1 aromatic carbocycles. The second kappa shape index (κ2) is 9.53. The number of piperidine rings is 1. The van der Waals surface area contributed by atoms with Crippen molar-refractivity contribution < 1.29 is 19.1 Å². The smallest absolute Gasteiger partial charge is 0.247 e. The fourth-order valence-electron chi connectivity index (χ4n) is 3.26. The van der Waals surface area contributed by atoms with E-state index in [0.717, 1.165) is 18.4 Å². The molecule has 0 aliphatic carbocycles. The van der Waals surface area contributed by atoms with Crippen molar-refractivity contribution in [2.45, 2.75) is 51.0 Å². The van der Waals surface area contributed by atoms with Gasteiger partial charge in [-0.05, 0) is 24.8 Å². The third-order valence-corrected chi connectivity index (χ3v) is 4.60. The zero-order chi connectivity index (χ0) is 18.2. The summed E-state index contributed by atoms with van der Waals surface area (Å²) in [6.45, 7) is 2.56. The summed E-state index contributed by atoms with van der Waals surface area (Å²) in [5.41, 5.74) is 0.816. The fourth-order valence-corrected chi connectivity index (χ4v) is 3.26. The number of hydrogen-bond acceptors (Lipinski definition) is 4. The molecule has 0 saturated carbocycles. The molecule has 1 fully saturated rings. The van der Waals surface area contributed by atoms with Gasteiger partial charge in [0.15, 0.2) is 6.29 Å². The zero-order valence-electron chi connectivity index (χ0n) is 15.2. The highest BCUT2D eigenvalue weighted by atomic mass is 16.7. The van der Waals surface area contributed by atoms with Crippen LogP contribution in [0.15, 0.2) is 30.3 Å². The molecular weight excluding hydrogens is 320 g/mol. The largest absolute Gasteiger partial charge is 0.354 e. The molecule has 2 amide bonds. The second-order valence-electron chi connectivity index (χ2n) is 6.22. The Hall–Kier alpha value is -1.92. The number of nitrogens with one attached hydrogen (secondary N) is 1. The van der Waals surface area contributed by atoms with E-state index in [4.69, 9.17) is 9.47 Å². The van der Waals surface area contributed by atoms with Gasteiger partial charge in [-0.2, -0.15) is 0 Å². The molecule has 1 heterocycles. The van der Waals surface area contributed by atoms with Crippen LogP contribution in [0.25, 0.3) is 0 Å². The molecule has 1 aliphatic heterocycles. The average Bonchev–Trinajstić information content (AvgIpc) is 2.64. The monoisotopic (exact) mass is 348 g/mol. The molecule has 138 valence electrons. The molecule has 6 nitrogen and oxygen atoms in total. The van der Waals surface area contributed by atoms with Crippen LogP contribution in [0.2, 0.25) is 0 Å². The highest BCUT2D eigenvalue weighted by molar-refractivity contribution is 5.89. The van der Waals surface area contributed by atoms with Gasteiger partial charge in [-0.25, -0.2) is 0 Å². The summed E-state index contributed by atoms with van der Waals surface area (Å²) in [4.78, 5) is 27.2. The summed E-state index contributed by atoms with van der Waals surface area (Å²) in [5, 5.41) is 3.00. The van der Waals surface area contributed by atoms with Crippen LogP contribution >= 0.6 is 0 Å². The molecular formula is C19H28N2O4. The van der Waals surface area contributed by atoms with E-state index in [1.165, 1.54) is 0 Å². The Bertz CT molecular complexity index is 560. The van der Waals surface area contributed by atoms with Crippen molar-refractivity contribution >= 4 is 11.8 Å². The Kier molecular flexibility index (Phi) is 7.40. The van der Waals surface area contributed by atoms with Crippen LogP contribution in [0.4, 0.5) is 0 Å². The van der Waals surface area contributed by atoms with E-state index >= 15 is 0 Å². The topological polar surface area (TPSA) is 67.9 Å². The number of benzene rings is 1. The van der Waals surface area contributed by atoms with Gasteiger partial charge in [-0.3, -0.25) is 9.59 Å². The third kappa shape index (κ3) is 4.80. The molecule has 0 radical (unpaired) electrons. The van der Waals surface area contributed by atoms with E-state index in [-0.39, 0.29) is 17.9 Å². The van der Waals surface area contributed by atoms with Gasteiger partial charge in [0.1, 0.15) is 6.04 Å². The predicted molar refractivity (Wildman–Crippen MR) is 94.8 cm³/mol. The molecule has 25 heavy (non-hydrogen) atoms. The number of methoxy groups -OCH3 is 2. The van der Waals surface area contributed by atoms with Gasteiger partial charge in [-0.15, -0.1) is 0 Å². The molecule has 2 atom stereocenters. The Morgan fingerprint density at radius 2 is 1.88 bits per heavy atom. The van der Waals surface area contributed by atoms with E-state index in [9.17, 15) is 9.59 Å². The summed E-state index contributed by atoms with van der Waals surface area (Å²) in [7, 11) is 3.09. The van der Waals surface area contributed by atoms with Gasteiger partial charge in [0.2, 0.25) is 11.8 Å². The minimum atomic E-state index is -0.627. The van der Waals surface area contributed by atoms with Crippen LogP contribution in [0, 0.1) is 0 Å². The molecule has 0 bridgehead atoms. The number of ether oxygens (including phenoxy) is 2. The minimum Gasteiger partial charge on any atom is -0.354 e. The number of hydrogen-bond donors (Lipinski definition) is 1. The summed E-state index contributed by atoms with van der Waals surface area (Å²) in [6.07, 6.45) is 2.42. The molecule has 0 aromatic heterocycles. The van der Waals surface area contributed by atoms with Crippen molar-refractivity contribution in [1.82, 2.24) is 10.2 Å². The number of carbonyl (C=O) groups excluding carboxylic acids is 2. The van der Waals surface area contributed by atoms with E-state index < -0.39 is 12.3 Å². The molecule has 6 heteroatoms. The Morgan fingerprint density at radius 3 is 2.44 bits per heavy atom. The van der Waals surface area contributed by atoms with E-state index in [1.807, 2.05) is 37.3 Å². The van der Waals surface area contributed by atoms with Crippen LogP contribution in [-0.4, -0.2) is 49.8 Å². The lowest BCUT2D eigenvalue weighted by Gasteiger charge is -2.35. The Labute approximate surface area is 149 Å². The van der Waals surface area contributed by atoms with Gasteiger partial charge in [0, 0.05) is 27.2 Å². The van der Waals surface area contributed by atoms with Gasteiger partial charge in [0.25, 0.3) is 0 Å². The lowest BCUT2D eigenvalue weighted by molar-refractivity contribution is -0.148. The Morgan fingerprint density at radius 1 is 1.20 bits per heavy atom. The first-order chi connectivity index (χ1) is 12.1. The molecule has 1 N–H and O–H groups in total. The first-order valence-corrected chi connectivity index (χ1v) is 8.82. The zero-order valence-corrected chi connectivity index (χ0v) is 15.2. The maximum atomic E-state index is 13.1. The molecule has 2 rings (SSSR count). The minimum absolute atomic E-state index is 0.0262. The van der Waals surface area contributed by atoms with Crippen LogP contribution in [0.3, 0.4) is 0 Å². The summed E-state index contributed by atoms with van der Waals surface area (Å²) in [5.74, 6) is -0.175. The molecule has 1 aliphatic rings. The standard InChI is InChI=1S/C19H28N2O4/c1-4-15(19(24-2)25-3)20-18(23)17(14-10-6-5-7-11-14)21-13-9-8-12-16(21)22/h5-7,10-11,15,17,19H,4,8-9,12-13H2,1-3H3,(H,20,23). The van der Waals surface area contributed by atoms with E-state index in [2.05, 4.69) is 5.32 Å². The van der Waals surface area contributed by atoms with Crippen molar-refractivity contribution in [3.63, 3.8) is 0 Å². The van der Waals surface area contributed by atoms with Crippen molar-refractivity contribution in [2.75, 3.05) is 20.8 Å². The van der Waals surface area contributed by atoms with Crippen molar-refractivity contribution in [3.05, 3.63) is 35.9 Å². The van der Waals surface area contributed by atoms with Crippen molar-refractivity contribution in [3.8, 4) is 0 Å². The van der Waals surface area contributed by atoms with Crippen LogP contribution < -0.4 is 5.32 Å². The third-order valence-electron chi connectivity index (χ3n) is 4.60. The fraction of sp³-hybridized carbons (Fsp3) is 0.579. The van der Waals surface area contributed by atoms with Crippen molar-refractivity contribution in [1.29, 1.82) is 0 Å². The summed E-state index contributed by atoms with van der Waals surface area (Å²) in [6, 6.07) is 8.53. The molecule has 1 saturated heterocycles. The predicted octanol–water partition coefficient (Wildman–Crippen LogP) is 2.25. The Balaban J connectivity index is 2.25. The maximum absolute atomic E-state index is 13.1. The van der Waals surface area contributed by atoms with Crippen LogP contribution in [0.1, 0.15) is 44.2 Å². The molecule has 2 unspecified atom stereocenters. The molecule has 0 spiro atoms. The van der Waals surface area contributed by atoms with E-state index in [1.54, 1.807) is 19.1 Å². The number of nitrogens with zero attached hydrogens (tertiary/aromatic N) is 1. The first-order valence-electron chi connectivity index (χ1n) is 8.82. The summed E-state index contributed by atoms with van der Waals surface area (Å²) < 4.78 is 10.6. The number of likely N-dealkylation sites (tertiary alicyclic amines) is 1. The first kappa shape index (κ1) is 19.4. The van der Waals surface area contributed by atoms with Gasteiger partial charge in [0.05, 0.1) is 6.04 Å². The quantitative estimate of drug-likeness (QED) is 0.732. The van der Waals surface area contributed by atoms with Gasteiger partial charge >= 0.3 is 0 Å². The molecule has 1 aromatic rings. The van der Waals surface area contributed by atoms with Crippen LogP contribution in [0.5, 0.6) is 0 Å². The highest BCUT2D eigenvalue weighted by Gasteiger charge is 2.34. The lowest BCUT2D eigenvalue weighted by Crippen LogP contribution is -2.51. The second-order valence-corrected chi connectivity index (χ2v) is 6.22. The van der Waals surface area contributed by atoms with Gasteiger partial charge < -0.3 is 19.7 Å². The highest BCUT2D eigenvalue weighted by Crippen LogP contribution is 2.26. The normalized spacial score (nSPS) is 17.4. The summed E-state index contributed by atoms with van der Waals surface area (Å²) >= 11 is 0. The average molecular weight is 348 g/mol. The number of amides is 2. The maximum Gasteiger partial charge on any atom is 0.247 e. The number of carbonyl (C=O) groups is 2. The van der Waals surface area contributed by atoms with Gasteiger partial charge in [-0.1, -0.05) is 37.3 Å². The van der Waals surface area contributed by atoms with E-state index in [0.29, 0.717) is 19.4 Å². The van der Waals surface area contributed by atoms with Crippen LogP contribution in [-0.2, 0) is 19.1 Å². The van der Waals surface area contributed by atoms with Crippen molar-refractivity contribution in [2.24, 2.45) is 0 Å². The number of rotatable bonds is 8.